The van der Waals surface area contributed by atoms with E-state index in [1.807, 2.05) is 24.3 Å². The number of nitrogens with zero attached hydrogens (tertiary/aromatic N) is 3. The highest BCUT2D eigenvalue weighted by molar-refractivity contribution is 7.99. The van der Waals surface area contributed by atoms with Gasteiger partial charge in [0.05, 0.1) is 11.7 Å². The van der Waals surface area contributed by atoms with Gasteiger partial charge in [-0.25, -0.2) is 13.4 Å². The first-order chi connectivity index (χ1) is 16.0. The minimum absolute atomic E-state index is 0.0567. The van der Waals surface area contributed by atoms with Gasteiger partial charge >= 0.3 is 0 Å². The second kappa shape index (κ2) is 9.46. The van der Waals surface area contributed by atoms with Crippen molar-refractivity contribution in [2.45, 2.75) is 28.7 Å². The molecule has 0 spiro atoms. The zero-order valence-electron chi connectivity index (χ0n) is 18.1. The van der Waals surface area contributed by atoms with E-state index in [-0.39, 0.29) is 30.0 Å². The van der Waals surface area contributed by atoms with E-state index in [2.05, 4.69) is 9.97 Å². The third-order valence-electron chi connectivity index (χ3n) is 6.12. The number of hydrogen-bond donors (Lipinski definition) is 1. The zero-order valence-corrected chi connectivity index (χ0v) is 19.8. The van der Waals surface area contributed by atoms with Crippen LogP contribution in [-0.4, -0.2) is 78.1 Å². The molecule has 2 aliphatic rings. The largest absolute Gasteiger partial charge is 0.377 e. The van der Waals surface area contributed by atoms with Gasteiger partial charge in [-0.05, 0) is 37.1 Å². The van der Waals surface area contributed by atoms with Crippen LogP contribution < -0.4 is 0 Å². The number of ether oxygens (including phenoxy) is 1. The molecule has 2 aliphatic heterocycles. The molecule has 1 amide bonds. The fourth-order valence-electron chi connectivity index (χ4n) is 4.31. The third-order valence-corrected chi connectivity index (χ3v) is 9.27. The van der Waals surface area contributed by atoms with E-state index in [0.29, 0.717) is 29.7 Å². The molecule has 1 aromatic carbocycles. The predicted molar refractivity (Wildman–Crippen MR) is 127 cm³/mol. The highest BCUT2D eigenvalue weighted by atomic mass is 32.2. The Bertz CT molecular complexity index is 1250. The molecule has 0 bridgehead atoms. The first-order valence-corrected chi connectivity index (χ1v) is 13.5. The second-order valence-corrected chi connectivity index (χ2v) is 11.2. The average Bonchev–Trinajstić information content (AvgIpc) is 3.53. The van der Waals surface area contributed by atoms with E-state index < -0.39 is 10.0 Å². The monoisotopic (exact) mass is 486 g/mol. The highest BCUT2D eigenvalue weighted by Gasteiger charge is 2.32. The molecule has 10 heteroatoms. The minimum atomic E-state index is -3.68. The Morgan fingerprint density at radius 1 is 1.15 bits per heavy atom. The molecular formula is C23H26N4O4S2. The Morgan fingerprint density at radius 2 is 1.97 bits per heavy atom. The standard InChI is InChI=1S/C23H26N4O4S2/c28-23(18-6-1-2-8-20(18)32-16-17-5-4-14-31-17)26-10-12-27(13-11-26)33(29,30)21-15-25-22-19(21)7-3-9-24-22/h1-3,6-9,15,17H,4-5,10-14,16H2,(H,24,25). The van der Waals surface area contributed by atoms with Gasteiger partial charge in [-0.15, -0.1) is 11.8 Å². The summed E-state index contributed by atoms with van der Waals surface area (Å²) < 4.78 is 33.6. The molecule has 1 unspecified atom stereocenters. The maximum atomic E-state index is 13.3. The highest BCUT2D eigenvalue weighted by Crippen LogP contribution is 2.29. The minimum Gasteiger partial charge on any atom is -0.377 e. The van der Waals surface area contributed by atoms with Gasteiger partial charge in [-0.2, -0.15) is 4.31 Å². The van der Waals surface area contributed by atoms with Crippen molar-refractivity contribution in [2.24, 2.45) is 0 Å². The number of benzene rings is 1. The summed E-state index contributed by atoms with van der Waals surface area (Å²) in [5, 5.41) is 0.577. The van der Waals surface area contributed by atoms with Crippen LogP contribution in [-0.2, 0) is 14.8 Å². The summed E-state index contributed by atoms with van der Waals surface area (Å²) in [6.45, 7) is 2.03. The number of nitrogens with one attached hydrogen (secondary N) is 1. The van der Waals surface area contributed by atoms with Crippen molar-refractivity contribution in [3.8, 4) is 0 Å². The Labute approximate surface area is 197 Å². The van der Waals surface area contributed by atoms with Crippen LogP contribution in [0.3, 0.4) is 0 Å². The van der Waals surface area contributed by atoms with Gasteiger partial charge in [0, 0.05) is 61.2 Å². The van der Waals surface area contributed by atoms with Gasteiger partial charge in [0.2, 0.25) is 10.0 Å². The quantitative estimate of drug-likeness (QED) is 0.538. The van der Waals surface area contributed by atoms with Crippen LogP contribution in [0, 0.1) is 0 Å². The lowest BCUT2D eigenvalue weighted by Crippen LogP contribution is -2.50. The van der Waals surface area contributed by atoms with Crippen LogP contribution in [0.15, 0.2) is 58.6 Å². The van der Waals surface area contributed by atoms with Crippen LogP contribution in [0.25, 0.3) is 11.0 Å². The molecule has 3 aromatic rings. The van der Waals surface area contributed by atoms with E-state index >= 15 is 0 Å². The molecule has 1 N–H and O–H groups in total. The summed E-state index contributed by atoms with van der Waals surface area (Å²) >= 11 is 1.65. The summed E-state index contributed by atoms with van der Waals surface area (Å²) in [5.74, 6) is 0.772. The van der Waals surface area contributed by atoms with Gasteiger partial charge in [-0.3, -0.25) is 4.79 Å². The lowest BCUT2D eigenvalue weighted by Gasteiger charge is -2.34. The lowest BCUT2D eigenvalue weighted by atomic mass is 10.2. The van der Waals surface area contributed by atoms with Crippen molar-refractivity contribution in [2.75, 3.05) is 38.5 Å². The summed E-state index contributed by atoms with van der Waals surface area (Å²) in [7, 11) is -3.68. The van der Waals surface area contributed by atoms with Crippen molar-refractivity contribution in [3.05, 3.63) is 54.4 Å². The molecule has 174 valence electrons. The van der Waals surface area contributed by atoms with E-state index in [0.717, 1.165) is 30.1 Å². The van der Waals surface area contributed by atoms with Crippen LogP contribution in [0.2, 0.25) is 0 Å². The number of fused-ring (bicyclic) bond motifs is 1. The first-order valence-electron chi connectivity index (χ1n) is 11.1. The van der Waals surface area contributed by atoms with Crippen molar-refractivity contribution >= 4 is 38.7 Å². The molecular weight excluding hydrogens is 460 g/mol. The SMILES string of the molecule is O=C(c1ccccc1SCC1CCCO1)N1CCN(S(=O)(=O)c2c[nH]c3ncccc23)CC1. The number of hydrogen-bond acceptors (Lipinski definition) is 6. The fraction of sp³-hybridized carbons (Fsp3) is 0.391. The average molecular weight is 487 g/mol. The van der Waals surface area contributed by atoms with Crippen molar-refractivity contribution in [1.29, 1.82) is 0 Å². The maximum absolute atomic E-state index is 13.3. The topological polar surface area (TPSA) is 95.6 Å². The number of sulfonamides is 1. The van der Waals surface area contributed by atoms with Crippen molar-refractivity contribution < 1.29 is 17.9 Å². The number of carbonyl (C=O) groups excluding carboxylic acids is 1. The lowest BCUT2D eigenvalue weighted by molar-refractivity contribution is 0.0694. The van der Waals surface area contributed by atoms with Crippen molar-refractivity contribution in [3.63, 3.8) is 0 Å². The zero-order chi connectivity index (χ0) is 22.8. The summed E-state index contributed by atoms with van der Waals surface area (Å²) in [6.07, 6.45) is 5.51. The molecule has 2 saturated heterocycles. The third kappa shape index (κ3) is 4.52. The molecule has 0 saturated carbocycles. The van der Waals surface area contributed by atoms with E-state index in [4.69, 9.17) is 4.74 Å². The Hall–Kier alpha value is -2.40. The fourth-order valence-corrected chi connectivity index (χ4v) is 7.00. The number of aromatic amines is 1. The molecule has 5 rings (SSSR count). The number of amides is 1. The van der Waals surface area contributed by atoms with Gasteiger partial charge in [0.1, 0.15) is 10.5 Å². The Kier molecular flexibility index (Phi) is 6.42. The molecule has 0 radical (unpaired) electrons. The van der Waals surface area contributed by atoms with Crippen LogP contribution >= 0.6 is 11.8 Å². The number of rotatable bonds is 6. The predicted octanol–water partition coefficient (Wildman–Crippen LogP) is 2.98. The number of H-pyrrole nitrogens is 1. The number of aromatic nitrogens is 2. The first kappa shape index (κ1) is 22.4. The van der Waals surface area contributed by atoms with Gasteiger partial charge < -0.3 is 14.6 Å². The summed E-state index contributed by atoms with van der Waals surface area (Å²) in [6, 6.07) is 11.1. The molecule has 33 heavy (non-hydrogen) atoms. The molecule has 2 aromatic heterocycles. The van der Waals surface area contributed by atoms with Gasteiger partial charge in [0.25, 0.3) is 5.91 Å². The van der Waals surface area contributed by atoms with Crippen LogP contribution in [0.1, 0.15) is 23.2 Å². The molecule has 2 fully saturated rings. The molecule has 0 aliphatic carbocycles. The Morgan fingerprint density at radius 3 is 2.76 bits per heavy atom. The number of carbonyl (C=O) groups is 1. The maximum Gasteiger partial charge on any atom is 0.255 e. The summed E-state index contributed by atoms with van der Waals surface area (Å²) in [5.41, 5.74) is 1.21. The molecule has 4 heterocycles. The van der Waals surface area contributed by atoms with Gasteiger partial charge in [0.15, 0.2) is 0 Å². The normalized spacial score (nSPS) is 19.9. The van der Waals surface area contributed by atoms with Crippen molar-refractivity contribution in [1.82, 2.24) is 19.2 Å². The van der Waals surface area contributed by atoms with E-state index in [1.54, 1.807) is 35.0 Å². The molecule has 8 nitrogen and oxygen atoms in total. The smallest absolute Gasteiger partial charge is 0.255 e. The number of pyridine rings is 1. The van der Waals surface area contributed by atoms with E-state index in [1.165, 1.54) is 10.5 Å². The Balaban J connectivity index is 1.26. The van der Waals surface area contributed by atoms with Crippen LogP contribution in [0.5, 0.6) is 0 Å². The summed E-state index contributed by atoms with van der Waals surface area (Å²) in [4.78, 5) is 23.3. The van der Waals surface area contributed by atoms with Gasteiger partial charge in [-0.1, -0.05) is 12.1 Å². The van der Waals surface area contributed by atoms with E-state index in [9.17, 15) is 13.2 Å². The molecule has 1 atom stereocenters. The number of thioether (sulfide) groups is 1. The van der Waals surface area contributed by atoms with Crippen LogP contribution in [0.4, 0.5) is 0 Å². The second-order valence-electron chi connectivity index (χ2n) is 8.19. The number of piperazine rings is 1.